The van der Waals surface area contributed by atoms with E-state index >= 15 is 0 Å². The largest absolute Gasteiger partial charge is 0.357 e. The first-order chi connectivity index (χ1) is 12.4. The second-order valence-corrected chi connectivity index (χ2v) is 7.50. The van der Waals surface area contributed by atoms with E-state index in [9.17, 15) is 0 Å². The Morgan fingerprint density at radius 3 is 1.88 bits per heavy atom. The van der Waals surface area contributed by atoms with Crippen molar-refractivity contribution in [3.63, 3.8) is 0 Å². The Morgan fingerprint density at radius 2 is 1.36 bits per heavy atom. The van der Waals surface area contributed by atoms with E-state index in [1.807, 2.05) is 6.08 Å². The van der Waals surface area contributed by atoms with E-state index in [-0.39, 0.29) is 0 Å². The van der Waals surface area contributed by atoms with Gasteiger partial charge in [-0.1, -0.05) is 76.7 Å². The van der Waals surface area contributed by atoms with Crippen LogP contribution in [0.1, 0.15) is 96.3 Å². The molecular formula is C22H43N3. The fourth-order valence-electron chi connectivity index (χ4n) is 3.68. The molecule has 0 radical (unpaired) electrons. The predicted octanol–water partition coefficient (Wildman–Crippen LogP) is 5.70. The van der Waals surface area contributed by atoms with Crippen molar-refractivity contribution >= 4 is 5.84 Å². The smallest absolute Gasteiger partial charge is 0.0990 e. The third-order valence-corrected chi connectivity index (χ3v) is 5.24. The van der Waals surface area contributed by atoms with Crippen LogP contribution in [-0.4, -0.2) is 36.9 Å². The summed E-state index contributed by atoms with van der Waals surface area (Å²) < 4.78 is 0. The Morgan fingerprint density at radius 1 is 0.840 bits per heavy atom. The number of aliphatic imine (C=N–C) groups is 1. The highest BCUT2D eigenvalue weighted by atomic mass is 15.2. The van der Waals surface area contributed by atoms with Gasteiger partial charge in [-0.2, -0.15) is 0 Å². The maximum Gasteiger partial charge on any atom is 0.0990 e. The molecular weight excluding hydrogens is 306 g/mol. The van der Waals surface area contributed by atoms with Gasteiger partial charge in [0.2, 0.25) is 0 Å². The van der Waals surface area contributed by atoms with Crippen LogP contribution in [0.5, 0.6) is 0 Å². The highest BCUT2D eigenvalue weighted by molar-refractivity contribution is 5.83. The molecule has 0 aromatic rings. The Hall–Kier alpha value is -0.830. The van der Waals surface area contributed by atoms with Crippen LogP contribution in [0.15, 0.2) is 17.6 Å². The van der Waals surface area contributed by atoms with Crippen LogP contribution in [-0.2, 0) is 0 Å². The van der Waals surface area contributed by atoms with Crippen molar-refractivity contribution in [2.24, 2.45) is 10.7 Å². The highest BCUT2D eigenvalue weighted by Gasteiger charge is 2.14. The number of nitrogens with two attached hydrogens (primary N) is 1. The molecule has 0 aromatic carbocycles. The van der Waals surface area contributed by atoms with Gasteiger partial charge in [0.05, 0.1) is 12.4 Å². The molecule has 1 rings (SSSR count). The number of nitrogens with zero attached hydrogens (tertiary/aromatic N) is 2. The monoisotopic (exact) mass is 349 g/mol. The standard InChI is InChI=1S/C22H43N3/c1-2-3-4-5-6-7-8-9-10-11-12-13-14-15-16-17-22-24-19-21-25(22)20-18-23/h2H,1,3-21,23H2. The zero-order valence-corrected chi connectivity index (χ0v) is 16.7. The molecule has 2 N–H and O–H groups in total. The van der Waals surface area contributed by atoms with E-state index in [1.165, 1.54) is 95.7 Å². The lowest BCUT2D eigenvalue weighted by Gasteiger charge is -2.19. The summed E-state index contributed by atoms with van der Waals surface area (Å²) in [4.78, 5) is 7.00. The molecule has 1 aliphatic rings. The quantitative estimate of drug-likeness (QED) is 0.255. The van der Waals surface area contributed by atoms with E-state index in [2.05, 4.69) is 16.5 Å². The van der Waals surface area contributed by atoms with Crippen molar-refractivity contribution in [3.05, 3.63) is 12.7 Å². The summed E-state index contributed by atoms with van der Waals surface area (Å²) in [6, 6.07) is 0. The average molecular weight is 350 g/mol. The van der Waals surface area contributed by atoms with Gasteiger partial charge in [-0.05, 0) is 19.3 Å². The summed E-state index contributed by atoms with van der Waals surface area (Å²) in [5.74, 6) is 1.31. The summed E-state index contributed by atoms with van der Waals surface area (Å²) in [6.07, 6.45) is 22.6. The number of hydrogen-bond acceptors (Lipinski definition) is 3. The Bertz CT molecular complexity index is 338. The molecule has 0 fully saturated rings. The van der Waals surface area contributed by atoms with Crippen LogP contribution < -0.4 is 5.73 Å². The fraction of sp³-hybridized carbons (Fsp3) is 0.864. The topological polar surface area (TPSA) is 41.6 Å². The van der Waals surface area contributed by atoms with Gasteiger partial charge < -0.3 is 10.6 Å². The molecule has 3 nitrogen and oxygen atoms in total. The Labute approximate surface area is 157 Å². The third kappa shape index (κ3) is 12.2. The molecule has 0 saturated carbocycles. The van der Waals surface area contributed by atoms with Crippen molar-refractivity contribution < 1.29 is 0 Å². The third-order valence-electron chi connectivity index (χ3n) is 5.24. The van der Waals surface area contributed by atoms with Gasteiger partial charge in [-0.3, -0.25) is 4.99 Å². The van der Waals surface area contributed by atoms with Gasteiger partial charge in [0.25, 0.3) is 0 Å². The molecule has 0 saturated heterocycles. The lowest BCUT2D eigenvalue weighted by molar-refractivity contribution is 0.455. The van der Waals surface area contributed by atoms with E-state index in [0.29, 0.717) is 0 Å². The first-order valence-electron chi connectivity index (χ1n) is 11.0. The average Bonchev–Trinajstić information content (AvgIpc) is 3.06. The summed E-state index contributed by atoms with van der Waals surface area (Å²) >= 11 is 0. The van der Waals surface area contributed by atoms with E-state index in [4.69, 9.17) is 5.73 Å². The minimum Gasteiger partial charge on any atom is -0.357 e. The molecule has 25 heavy (non-hydrogen) atoms. The van der Waals surface area contributed by atoms with Crippen molar-refractivity contribution in [1.29, 1.82) is 0 Å². The van der Waals surface area contributed by atoms with E-state index in [0.717, 1.165) is 32.6 Å². The van der Waals surface area contributed by atoms with Crippen LogP contribution in [0.2, 0.25) is 0 Å². The molecule has 0 amide bonds. The first-order valence-corrected chi connectivity index (χ1v) is 11.0. The van der Waals surface area contributed by atoms with E-state index in [1.54, 1.807) is 0 Å². The summed E-state index contributed by atoms with van der Waals surface area (Å²) in [5, 5.41) is 0. The minimum atomic E-state index is 0.744. The van der Waals surface area contributed by atoms with Crippen molar-refractivity contribution in [3.8, 4) is 0 Å². The van der Waals surface area contributed by atoms with Crippen molar-refractivity contribution in [1.82, 2.24) is 4.90 Å². The van der Waals surface area contributed by atoms with Gasteiger partial charge >= 0.3 is 0 Å². The summed E-state index contributed by atoms with van der Waals surface area (Å²) in [7, 11) is 0. The van der Waals surface area contributed by atoms with Crippen LogP contribution >= 0.6 is 0 Å². The van der Waals surface area contributed by atoms with Crippen LogP contribution in [0.3, 0.4) is 0 Å². The molecule has 1 aliphatic heterocycles. The number of hydrogen-bond donors (Lipinski definition) is 1. The zero-order valence-electron chi connectivity index (χ0n) is 16.7. The molecule has 1 heterocycles. The minimum absolute atomic E-state index is 0.744. The van der Waals surface area contributed by atoms with Crippen molar-refractivity contribution in [2.45, 2.75) is 96.3 Å². The van der Waals surface area contributed by atoms with Gasteiger partial charge in [0, 0.05) is 26.1 Å². The maximum atomic E-state index is 5.66. The second kappa shape index (κ2) is 16.6. The Balaban J connectivity index is 1.77. The SMILES string of the molecule is C=CCCCCCCCCCCCCCCCC1=NCCN1CCN. The van der Waals surface area contributed by atoms with Gasteiger partial charge in [0.15, 0.2) is 0 Å². The van der Waals surface area contributed by atoms with Crippen LogP contribution in [0.4, 0.5) is 0 Å². The molecule has 0 bridgehead atoms. The number of rotatable bonds is 18. The highest BCUT2D eigenvalue weighted by Crippen LogP contribution is 2.14. The fourth-order valence-corrected chi connectivity index (χ4v) is 3.68. The normalized spacial score (nSPS) is 14.1. The second-order valence-electron chi connectivity index (χ2n) is 7.50. The molecule has 0 aromatic heterocycles. The van der Waals surface area contributed by atoms with Gasteiger partial charge in [-0.15, -0.1) is 6.58 Å². The zero-order chi connectivity index (χ0) is 18.0. The maximum absolute atomic E-state index is 5.66. The number of amidine groups is 1. The molecule has 3 heteroatoms. The lowest BCUT2D eigenvalue weighted by atomic mass is 10.0. The van der Waals surface area contributed by atoms with Crippen LogP contribution in [0, 0.1) is 0 Å². The summed E-state index contributed by atoms with van der Waals surface area (Å²) in [5.41, 5.74) is 5.66. The molecule has 0 aliphatic carbocycles. The molecule has 146 valence electrons. The molecule has 0 atom stereocenters. The Kier molecular flexibility index (Phi) is 14.8. The predicted molar refractivity (Wildman–Crippen MR) is 112 cm³/mol. The van der Waals surface area contributed by atoms with Gasteiger partial charge in [0.1, 0.15) is 0 Å². The molecule has 0 spiro atoms. The lowest BCUT2D eigenvalue weighted by Crippen LogP contribution is -2.32. The van der Waals surface area contributed by atoms with Gasteiger partial charge in [-0.25, -0.2) is 0 Å². The first kappa shape index (κ1) is 22.2. The van der Waals surface area contributed by atoms with Crippen molar-refractivity contribution in [2.75, 3.05) is 26.2 Å². The van der Waals surface area contributed by atoms with E-state index < -0.39 is 0 Å². The summed E-state index contributed by atoms with van der Waals surface area (Å²) in [6.45, 7) is 7.56. The van der Waals surface area contributed by atoms with Crippen LogP contribution in [0.25, 0.3) is 0 Å². The number of allylic oxidation sites excluding steroid dienone is 1. The molecule has 0 unspecified atom stereocenters. The number of unbranched alkanes of at least 4 members (excludes halogenated alkanes) is 13.